The molecule has 4 saturated carbocycles. The fraction of sp³-hybridized carbons (Fsp3) is 0.682. The quantitative estimate of drug-likeness (QED) is 0.465. The lowest BCUT2D eigenvalue weighted by Crippen LogP contribution is -2.46. The van der Waals surface area contributed by atoms with Crippen LogP contribution in [0.25, 0.3) is 0 Å². The maximum absolute atomic E-state index is 10.1. The smallest absolute Gasteiger partial charge is 0.170 e. The van der Waals surface area contributed by atoms with Crippen LogP contribution in [0.1, 0.15) is 44.9 Å². The van der Waals surface area contributed by atoms with Gasteiger partial charge in [0.25, 0.3) is 0 Å². The average molecular weight is 389 g/mol. The van der Waals surface area contributed by atoms with Crippen LogP contribution in [0.3, 0.4) is 0 Å². The van der Waals surface area contributed by atoms with Crippen molar-refractivity contribution in [3.63, 3.8) is 0 Å². The summed E-state index contributed by atoms with van der Waals surface area (Å²) in [5.41, 5.74) is 1.50. The number of ether oxygens (including phenoxy) is 1. The Hall–Kier alpha value is -1.17. The van der Waals surface area contributed by atoms with E-state index in [1.165, 1.54) is 44.9 Å². The Bertz CT molecular complexity index is 601. The number of hydrogen-bond donors (Lipinski definition) is 3. The summed E-state index contributed by atoms with van der Waals surface area (Å²) < 4.78 is 5.83. The van der Waals surface area contributed by atoms with E-state index in [0.29, 0.717) is 23.7 Å². The molecule has 0 saturated heterocycles. The highest BCUT2D eigenvalue weighted by Gasteiger charge is 2.50. The molecule has 27 heavy (non-hydrogen) atoms. The molecule has 1 aromatic rings. The van der Waals surface area contributed by atoms with Gasteiger partial charge in [0, 0.05) is 18.8 Å². The lowest BCUT2D eigenvalue weighted by molar-refractivity contribution is -0.0728. The second-order valence-corrected chi connectivity index (χ2v) is 9.51. The second-order valence-electron chi connectivity index (χ2n) is 9.10. The number of thiocarbonyl (C=S) groups is 1. The van der Waals surface area contributed by atoms with Crippen molar-refractivity contribution in [2.45, 2.75) is 51.0 Å². The van der Waals surface area contributed by atoms with E-state index < -0.39 is 6.10 Å². The van der Waals surface area contributed by atoms with E-state index in [2.05, 4.69) is 10.6 Å². The van der Waals surface area contributed by atoms with E-state index in [9.17, 15) is 5.11 Å². The zero-order valence-electron chi connectivity index (χ0n) is 16.0. The van der Waals surface area contributed by atoms with Gasteiger partial charge in [0.15, 0.2) is 5.11 Å². The van der Waals surface area contributed by atoms with Gasteiger partial charge >= 0.3 is 0 Å². The summed E-state index contributed by atoms with van der Waals surface area (Å²) in [6.45, 7) is 1.54. The van der Waals surface area contributed by atoms with Gasteiger partial charge in [-0.05, 0) is 92.5 Å². The molecule has 0 aliphatic heterocycles. The van der Waals surface area contributed by atoms with E-state index in [-0.39, 0.29) is 0 Å². The molecule has 1 unspecified atom stereocenters. The number of para-hydroxylation sites is 1. The Morgan fingerprint density at radius 3 is 2.37 bits per heavy atom. The Morgan fingerprint density at radius 2 is 1.74 bits per heavy atom. The Labute approximate surface area is 168 Å². The number of aliphatic hydroxyl groups excluding tert-OH is 1. The minimum Gasteiger partial charge on any atom is -0.389 e. The van der Waals surface area contributed by atoms with Gasteiger partial charge in [-0.2, -0.15) is 0 Å². The van der Waals surface area contributed by atoms with Crippen molar-refractivity contribution in [2.24, 2.45) is 23.2 Å². The fourth-order valence-electron chi connectivity index (χ4n) is 6.07. The van der Waals surface area contributed by atoms with Gasteiger partial charge < -0.3 is 20.5 Å². The van der Waals surface area contributed by atoms with Crippen LogP contribution in [0, 0.1) is 23.2 Å². The molecule has 4 fully saturated rings. The number of benzene rings is 1. The van der Waals surface area contributed by atoms with Crippen LogP contribution in [-0.2, 0) is 4.74 Å². The number of hydrogen-bond acceptors (Lipinski definition) is 3. The molecule has 1 aromatic carbocycles. The molecule has 0 aromatic heterocycles. The highest BCUT2D eigenvalue weighted by Crippen LogP contribution is 2.61. The first kappa shape index (κ1) is 19.2. The van der Waals surface area contributed by atoms with E-state index >= 15 is 0 Å². The SMILES string of the molecule is OC(CNC(=S)Nc1ccccc1)COCCC12CC3CC(CC(C3)C1)C2. The maximum atomic E-state index is 10.1. The molecule has 0 spiro atoms. The molecule has 5 heteroatoms. The first-order valence-corrected chi connectivity index (χ1v) is 10.9. The van der Waals surface area contributed by atoms with Crippen molar-refractivity contribution in [1.82, 2.24) is 5.32 Å². The van der Waals surface area contributed by atoms with Gasteiger partial charge in [-0.3, -0.25) is 0 Å². The van der Waals surface area contributed by atoms with Crippen LogP contribution in [0.2, 0.25) is 0 Å². The molecule has 5 rings (SSSR count). The van der Waals surface area contributed by atoms with E-state index in [0.717, 1.165) is 30.0 Å². The zero-order chi connectivity index (χ0) is 18.7. The lowest BCUT2D eigenvalue weighted by Gasteiger charge is -2.57. The predicted molar refractivity (Wildman–Crippen MR) is 113 cm³/mol. The third kappa shape index (κ3) is 5.01. The zero-order valence-corrected chi connectivity index (χ0v) is 16.8. The van der Waals surface area contributed by atoms with Crippen molar-refractivity contribution in [2.75, 3.05) is 25.1 Å². The fourth-order valence-corrected chi connectivity index (χ4v) is 6.27. The summed E-state index contributed by atoms with van der Waals surface area (Å²) in [7, 11) is 0. The van der Waals surface area contributed by atoms with E-state index in [4.69, 9.17) is 17.0 Å². The van der Waals surface area contributed by atoms with Crippen LogP contribution in [0.5, 0.6) is 0 Å². The summed E-state index contributed by atoms with van der Waals surface area (Å²) in [6.07, 6.45) is 9.36. The van der Waals surface area contributed by atoms with Crippen molar-refractivity contribution < 1.29 is 9.84 Å². The minimum absolute atomic E-state index is 0.368. The largest absolute Gasteiger partial charge is 0.389 e. The van der Waals surface area contributed by atoms with Gasteiger partial charge in [0.1, 0.15) is 0 Å². The van der Waals surface area contributed by atoms with Crippen molar-refractivity contribution in [3.05, 3.63) is 30.3 Å². The molecule has 4 nitrogen and oxygen atoms in total. The summed E-state index contributed by atoms with van der Waals surface area (Å²) in [5, 5.41) is 16.8. The van der Waals surface area contributed by atoms with Gasteiger partial charge in [-0.25, -0.2) is 0 Å². The Balaban J connectivity index is 1.11. The molecule has 148 valence electrons. The Morgan fingerprint density at radius 1 is 1.11 bits per heavy atom. The van der Waals surface area contributed by atoms with Crippen molar-refractivity contribution in [3.8, 4) is 0 Å². The summed E-state index contributed by atoms with van der Waals surface area (Å²) >= 11 is 5.26. The standard InChI is InChI=1S/C22H32N2O2S/c25-20(14-23-21(27)24-19-4-2-1-3-5-19)15-26-7-6-22-11-16-8-17(12-22)10-18(9-16)13-22/h1-5,16-18,20,25H,6-15H2,(H2,23,24,27). The first-order chi connectivity index (χ1) is 13.1. The van der Waals surface area contributed by atoms with Crippen molar-refractivity contribution in [1.29, 1.82) is 0 Å². The summed E-state index contributed by atoms with van der Waals surface area (Å²) in [4.78, 5) is 0. The molecule has 0 heterocycles. The molecule has 4 aliphatic carbocycles. The normalized spacial score (nSPS) is 32.3. The number of anilines is 1. The average Bonchev–Trinajstić information content (AvgIpc) is 2.63. The van der Waals surface area contributed by atoms with E-state index in [1.807, 2.05) is 30.3 Å². The highest BCUT2D eigenvalue weighted by molar-refractivity contribution is 7.80. The number of rotatable bonds is 8. The molecule has 0 amide bonds. The Kier molecular flexibility index (Phi) is 6.00. The topological polar surface area (TPSA) is 53.5 Å². The van der Waals surface area contributed by atoms with Crippen LogP contribution < -0.4 is 10.6 Å². The van der Waals surface area contributed by atoms with Crippen LogP contribution in [0.15, 0.2) is 30.3 Å². The summed E-state index contributed by atoms with van der Waals surface area (Å²) in [6, 6.07) is 9.79. The monoisotopic (exact) mass is 388 g/mol. The van der Waals surface area contributed by atoms with Crippen LogP contribution in [-0.4, -0.2) is 36.1 Å². The van der Waals surface area contributed by atoms with Crippen LogP contribution >= 0.6 is 12.2 Å². The molecule has 4 bridgehead atoms. The van der Waals surface area contributed by atoms with Gasteiger partial charge in [-0.15, -0.1) is 0 Å². The van der Waals surface area contributed by atoms with Crippen molar-refractivity contribution >= 4 is 23.0 Å². The first-order valence-electron chi connectivity index (χ1n) is 10.5. The second kappa shape index (κ2) is 8.46. The van der Waals surface area contributed by atoms with Gasteiger partial charge in [0.05, 0.1) is 12.7 Å². The molecular weight excluding hydrogens is 356 g/mol. The minimum atomic E-state index is -0.545. The summed E-state index contributed by atoms with van der Waals surface area (Å²) in [5.74, 6) is 2.97. The molecular formula is C22H32N2O2S. The third-order valence-electron chi connectivity index (χ3n) is 6.78. The predicted octanol–water partition coefficient (Wildman–Crippen LogP) is 3.96. The van der Waals surface area contributed by atoms with Gasteiger partial charge in [-0.1, -0.05) is 18.2 Å². The lowest BCUT2D eigenvalue weighted by atomic mass is 9.49. The van der Waals surface area contributed by atoms with Gasteiger partial charge in [0.2, 0.25) is 0 Å². The highest BCUT2D eigenvalue weighted by atomic mass is 32.1. The number of nitrogens with one attached hydrogen (secondary N) is 2. The molecule has 3 N–H and O–H groups in total. The molecule has 4 aliphatic rings. The maximum Gasteiger partial charge on any atom is 0.170 e. The number of aliphatic hydroxyl groups is 1. The molecule has 1 atom stereocenters. The van der Waals surface area contributed by atoms with E-state index in [1.54, 1.807) is 0 Å². The van der Waals surface area contributed by atoms with Crippen LogP contribution in [0.4, 0.5) is 5.69 Å². The third-order valence-corrected chi connectivity index (χ3v) is 7.03. The molecule has 0 radical (unpaired) electrons.